The summed E-state index contributed by atoms with van der Waals surface area (Å²) in [4.78, 5) is 40.0. The van der Waals surface area contributed by atoms with Crippen LogP contribution in [0.5, 0.6) is 0 Å². The van der Waals surface area contributed by atoms with Gasteiger partial charge in [0.05, 0.1) is 18.1 Å². The number of hydrogen-bond donors (Lipinski definition) is 5. The molecule has 0 aromatic heterocycles. The Balaban J connectivity index is 1.84. The van der Waals surface area contributed by atoms with Crippen LogP contribution >= 0.6 is 0 Å². The van der Waals surface area contributed by atoms with Crippen molar-refractivity contribution in [2.45, 2.75) is 130 Å². The van der Waals surface area contributed by atoms with Gasteiger partial charge in [-0.1, -0.05) is 53.9 Å². The number of primary amides is 1. The molecule has 10 nitrogen and oxygen atoms in total. The van der Waals surface area contributed by atoms with E-state index in [9.17, 15) is 24.6 Å². The van der Waals surface area contributed by atoms with E-state index in [2.05, 4.69) is 24.5 Å². The summed E-state index contributed by atoms with van der Waals surface area (Å²) in [6.07, 6.45) is 1.73. The van der Waals surface area contributed by atoms with Crippen LogP contribution in [0.2, 0.25) is 0 Å². The standard InChI is InChI=1S/C28H50N4O6/c1-25(2,3)20(31-24(37)38-26(4,5)6)23(36)32-15-28(14-27(28,7)8)13-18(32)22(35)30-17(19(33)21(29)34)12-16-10-9-11-16/h16-20,23,33,36H,9-15H2,1-8H3,(H2,29,34)(H,30,35)(H,31,37)/t17?,18-,19?,20+,23?,28?/m0/s1. The fraction of sp³-hybridized carbons (Fsp3) is 0.893. The van der Waals surface area contributed by atoms with Crippen molar-refractivity contribution in [1.29, 1.82) is 0 Å². The first-order valence-corrected chi connectivity index (χ1v) is 14.0. The lowest BCUT2D eigenvalue weighted by atomic mass is 9.79. The molecule has 0 radical (unpaired) electrons. The number of nitrogens with one attached hydrogen (secondary N) is 2. The first kappa shape index (κ1) is 30.6. The molecule has 1 aliphatic heterocycles. The molecular formula is C28H50N4O6. The summed E-state index contributed by atoms with van der Waals surface area (Å²) in [6.45, 7) is 15.9. The zero-order chi connectivity index (χ0) is 28.8. The molecule has 3 fully saturated rings. The summed E-state index contributed by atoms with van der Waals surface area (Å²) in [5.74, 6) is -0.887. The number of hydrogen-bond acceptors (Lipinski definition) is 7. The number of amides is 3. The number of likely N-dealkylation sites (tertiary alicyclic amines) is 1. The van der Waals surface area contributed by atoms with Crippen LogP contribution in [0, 0.1) is 22.2 Å². The fourth-order valence-corrected chi connectivity index (χ4v) is 6.15. The summed E-state index contributed by atoms with van der Waals surface area (Å²) < 4.78 is 5.46. The summed E-state index contributed by atoms with van der Waals surface area (Å²) in [6, 6.07) is -2.21. The number of aliphatic hydroxyl groups is 2. The van der Waals surface area contributed by atoms with Crippen molar-refractivity contribution in [1.82, 2.24) is 15.5 Å². The number of aliphatic hydroxyl groups excluding tert-OH is 2. The van der Waals surface area contributed by atoms with Crippen LogP contribution in [0.1, 0.15) is 93.9 Å². The Hall–Kier alpha value is -1.91. The number of rotatable bonds is 9. The second-order valence-corrected chi connectivity index (χ2v) is 14.6. The molecule has 38 heavy (non-hydrogen) atoms. The van der Waals surface area contributed by atoms with Crippen molar-refractivity contribution < 1.29 is 29.3 Å². The molecule has 3 aliphatic rings. The highest BCUT2D eigenvalue weighted by Crippen LogP contribution is 2.69. The lowest BCUT2D eigenvalue weighted by Gasteiger charge is -2.41. The average Bonchev–Trinajstić information content (AvgIpc) is 3.05. The molecule has 0 aromatic rings. The van der Waals surface area contributed by atoms with Crippen molar-refractivity contribution in [2.75, 3.05) is 6.54 Å². The first-order chi connectivity index (χ1) is 17.3. The van der Waals surface area contributed by atoms with Gasteiger partial charge in [0.2, 0.25) is 11.8 Å². The van der Waals surface area contributed by atoms with Crippen LogP contribution in [-0.4, -0.2) is 75.6 Å². The van der Waals surface area contributed by atoms with Crippen LogP contribution in [0.3, 0.4) is 0 Å². The van der Waals surface area contributed by atoms with Gasteiger partial charge in [-0.3, -0.25) is 14.5 Å². The predicted octanol–water partition coefficient (Wildman–Crippen LogP) is 2.26. The molecule has 0 aromatic carbocycles. The van der Waals surface area contributed by atoms with E-state index in [0.717, 1.165) is 25.7 Å². The van der Waals surface area contributed by atoms with E-state index in [0.29, 0.717) is 25.3 Å². The third-order valence-corrected chi connectivity index (χ3v) is 8.92. The first-order valence-electron chi connectivity index (χ1n) is 14.0. The number of nitrogens with zero attached hydrogens (tertiary/aromatic N) is 1. The van der Waals surface area contributed by atoms with Gasteiger partial charge in [-0.25, -0.2) is 4.79 Å². The molecule has 218 valence electrons. The molecular weight excluding hydrogens is 488 g/mol. The van der Waals surface area contributed by atoms with Gasteiger partial charge in [-0.2, -0.15) is 0 Å². The zero-order valence-electron chi connectivity index (χ0n) is 24.5. The van der Waals surface area contributed by atoms with E-state index in [1.165, 1.54) is 0 Å². The van der Waals surface area contributed by atoms with Gasteiger partial charge in [-0.15, -0.1) is 0 Å². The van der Waals surface area contributed by atoms with Crippen LogP contribution in [0.4, 0.5) is 4.79 Å². The molecule has 6 atom stereocenters. The second kappa shape index (κ2) is 10.6. The third-order valence-electron chi connectivity index (χ3n) is 8.92. The van der Waals surface area contributed by atoms with Gasteiger partial charge in [0, 0.05) is 6.54 Å². The van der Waals surface area contributed by atoms with Crippen molar-refractivity contribution in [3.63, 3.8) is 0 Å². The molecule has 4 unspecified atom stereocenters. The molecule has 0 bridgehead atoms. The molecule has 1 heterocycles. The minimum absolute atomic E-state index is 0.00783. The Morgan fingerprint density at radius 1 is 1.08 bits per heavy atom. The average molecular weight is 539 g/mol. The number of alkyl carbamates (subject to hydrolysis) is 1. The van der Waals surface area contributed by atoms with Crippen molar-refractivity contribution in [3.05, 3.63) is 0 Å². The Labute approximate surface area is 227 Å². The predicted molar refractivity (Wildman–Crippen MR) is 144 cm³/mol. The molecule has 10 heteroatoms. The Kier molecular flexibility index (Phi) is 8.53. The van der Waals surface area contributed by atoms with E-state index >= 15 is 0 Å². The Morgan fingerprint density at radius 2 is 1.66 bits per heavy atom. The van der Waals surface area contributed by atoms with Crippen molar-refractivity contribution in [2.24, 2.45) is 27.9 Å². The summed E-state index contributed by atoms with van der Waals surface area (Å²) in [7, 11) is 0. The van der Waals surface area contributed by atoms with E-state index in [1.54, 1.807) is 25.7 Å². The van der Waals surface area contributed by atoms with E-state index in [-0.39, 0.29) is 16.7 Å². The molecule has 1 spiro atoms. The molecule has 1 saturated heterocycles. The van der Waals surface area contributed by atoms with E-state index in [1.807, 2.05) is 20.8 Å². The number of carbonyl (C=O) groups is 3. The maximum absolute atomic E-state index is 13.8. The Bertz CT molecular complexity index is 906. The minimum Gasteiger partial charge on any atom is -0.444 e. The van der Waals surface area contributed by atoms with E-state index in [4.69, 9.17) is 10.5 Å². The molecule has 2 saturated carbocycles. The molecule has 3 rings (SSSR count). The van der Waals surface area contributed by atoms with Crippen molar-refractivity contribution >= 4 is 17.9 Å². The maximum Gasteiger partial charge on any atom is 0.408 e. The van der Waals surface area contributed by atoms with Crippen LogP contribution < -0.4 is 16.4 Å². The summed E-state index contributed by atoms with van der Waals surface area (Å²) >= 11 is 0. The molecule has 3 amide bonds. The zero-order valence-corrected chi connectivity index (χ0v) is 24.5. The fourth-order valence-electron chi connectivity index (χ4n) is 6.15. The van der Waals surface area contributed by atoms with Gasteiger partial charge >= 0.3 is 6.09 Å². The Morgan fingerprint density at radius 3 is 2.08 bits per heavy atom. The lowest BCUT2D eigenvalue weighted by Crippen LogP contribution is -2.61. The van der Waals surface area contributed by atoms with Gasteiger partial charge in [-0.05, 0) is 62.2 Å². The van der Waals surface area contributed by atoms with Gasteiger partial charge in [0.1, 0.15) is 11.8 Å². The third kappa shape index (κ3) is 6.80. The lowest BCUT2D eigenvalue weighted by molar-refractivity contribution is -0.135. The molecule has 2 aliphatic carbocycles. The monoisotopic (exact) mass is 538 g/mol. The van der Waals surface area contributed by atoms with Crippen LogP contribution in [0.25, 0.3) is 0 Å². The van der Waals surface area contributed by atoms with Gasteiger partial charge < -0.3 is 31.3 Å². The number of ether oxygens (including phenoxy) is 1. The summed E-state index contributed by atoms with van der Waals surface area (Å²) in [5.41, 5.74) is 4.01. The highest BCUT2D eigenvalue weighted by atomic mass is 16.6. The smallest absolute Gasteiger partial charge is 0.408 e. The van der Waals surface area contributed by atoms with Gasteiger partial charge in [0.15, 0.2) is 6.10 Å². The van der Waals surface area contributed by atoms with Crippen LogP contribution in [-0.2, 0) is 14.3 Å². The minimum atomic E-state index is -1.48. The quantitative estimate of drug-likeness (QED) is 0.302. The number of nitrogens with two attached hydrogens (primary N) is 1. The SMILES string of the molecule is CC(C)(C)OC(=O)N[C@H](C(O)N1CC2(C[C@H]1C(=O)NC(CC1CCC1)C(O)C(N)=O)CC2(C)C)C(C)(C)C. The highest BCUT2D eigenvalue weighted by Gasteiger charge is 2.67. The number of carbonyl (C=O) groups excluding carboxylic acids is 3. The summed E-state index contributed by atoms with van der Waals surface area (Å²) in [5, 5.41) is 28.0. The largest absolute Gasteiger partial charge is 0.444 e. The topological polar surface area (TPSA) is 154 Å². The normalized spacial score (nSPS) is 28.6. The van der Waals surface area contributed by atoms with Gasteiger partial charge in [0.25, 0.3) is 0 Å². The van der Waals surface area contributed by atoms with E-state index < -0.39 is 53.5 Å². The van der Waals surface area contributed by atoms with Crippen molar-refractivity contribution in [3.8, 4) is 0 Å². The van der Waals surface area contributed by atoms with Crippen LogP contribution in [0.15, 0.2) is 0 Å². The molecule has 6 N–H and O–H groups in total. The highest BCUT2D eigenvalue weighted by molar-refractivity contribution is 5.85. The maximum atomic E-state index is 13.8. The second-order valence-electron chi connectivity index (χ2n) is 14.6.